The largest absolute Gasteiger partial charge is 0.481 e. The molecule has 1 aromatic heterocycles. The van der Waals surface area contributed by atoms with Gasteiger partial charge in [-0.1, -0.05) is 12.1 Å². The van der Waals surface area contributed by atoms with Gasteiger partial charge in [0.05, 0.1) is 17.2 Å². The number of para-hydroxylation sites is 1. The molecule has 116 valence electrons. The Bertz CT molecular complexity index is 697. The molecule has 1 aromatic carbocycles. The van der Waals surface area contributed by atoms with Crippen molar-refractivity contribution in [2.45, 2.75) is 6.92 Å². The molecule has 4 N–H and O–H groups in total. The third-order valence-electron chi connectivity index (χ3n) is 2.83. The monoisotopic (exact) mass is 320 g/mol. The molecule has 0 saturated carbocycles. The molecule has 0 aliphatic heterocycles. The zero-order chi connectivity index (χ0) is 16.1. The van der Waals surface area contributed by atoms with E-state index in [1.54, 1.807) is 25.1 Å². The van der Waals surface area contributed by atoms with Gasteiger partial charge in [-0.05, 0) is 25.1 Å². The van der Waals surface area contributed by atoms with Gasteiger partial charge in [0.15, 0.2) is 6.61 Å². The first kappa shape index (κ1) is 15.8. The minimum Gasteiger partial charge on any atom is -0.481 e. The van der Waals surface area contributed by atoms with Crippen LogP contribution < -0.4 is 16.2 Å². The number of amides is 1. The summed E-state index contributed by atoms with van der Waals surface area (Å²) in [7, 11) is 0. The molecular formula is C15H16N2O4S. The number of hydrogen-bond acceptors (Lipinski definition) is 6. The van der Waals surface area contributed by atoms with E-state index in [4.69, 9.17) is 20.9 Å². The van der Waals surface area contributed by atoms with Crippen molar-refractivity contribution >= 4 is 28.2 Å². The molecule has 22 heavy (non-hydrogen) atoms. The molecule has 0 unspecified atom stereocenters. The Morgan fingerprint density at radius 1 is 1.27 bits per heavy atom. The lowest BCUT2D eigenvalue weighted by molar-refractivity contribution is -0.145. The maximum absolute atomic E-state index is 11.4. The number of thiophene rings is 1. The minimum absolute atomic E-state index is 0.186. The van der Waals surface area contributed by atoms with E-state index in [-0.39, 0.29) is 12.2 Å². The van der Waals surface area contributed by atoms with Crippen LogP contribution in [0.1, 0.15) is 17.3 Å². The molecule has 0 radical (unpaired) electrons. The van der Waals surface area contributed by atoms with Crippen LogP contribution in [0.2, 0.25) is 0 Å². The van der Waals surface area contributed by atoms with Crippen LogP contribution in [0.5, 0.6) is 5.75 Å². The SMILES string of the molecule is CCOC(=O)COc1ccccc1-c1cc(C(N)=O)c(N)s1. The van der Waals surface area contributed by atoms with E-state index < -0.39 is 11.9 Å². The second-order valence-corrected chi connectivity index (χ2v) is 5.43. The first-order valence-electron chi connectivity index (χ1n) is 6.59. The summed E-state index contributed by atoms with van der Waals surface area (Å²) < 4.78 is 10.3. The van der Waals surface area contributed by atoms with E-state index in [0.717, 1.165) is 10.4 Å². The lowest BCUT2D eigenvalue weighted by Crippen LogP contribution is -2.14. The predicted molar refractivity (Wildman–Crippen MR) is 84.8 cm³/mol. The lowest BCUT2D eigenvalue weighted by Gasteiger charge is -2.09. The highest BCUT2D eigenvalue weighted by Crippen LogP contribution is 2.38. The number of hydrogen-bond donors (Lipinski definition) is 2. The predicted octanol–water partition coefficient (Wildman–Crippen LogP) is 2.04. The van der Waals surface area contributed by atoms with Crippen molar-refractivity contribution < 1.29 is 19.1 Å². The van der Waals surface area contributed by atoms with Gasteiger partial charge in [-0.15, -0.1) is 11.3 Å². The van der Waals surface area contributed by atoms with Crippen molar-refractivity contribution in [3.63, 3.8) is 0 Å². The minimum atomic E-state index is -0.579. The van der Waals surface area contributed by atoms with E-state index in [1.165, 1.54) is 11.3 Å². The Labute approximate surface area is 131 Å². The van der Waals surface area contributed by atoms with Crippen molar-refractivity contribution in [3.8, 4) is 16.2 Å². The number of carbonyl (C=O) groups excluding carboxylic acids is 2. The van der Waals surface area contributed by atoms with Crippen molar-refractivity contribution in [2.24, 2.45) is 5.73 Å². The summed E-state index contributed by atoms with van der Waals surface area (Å²) in [6, 6.07) is 8.78. The van der Waals surface area contributed by atoms with Gasteiger partial charge in [0, 0.05) is 10.4 Å². The Balaban J connectivity index is 2.26. The van der Waals surface area contributed by atoms with Crippen LogP contribution in [0.25, 0.3) is 10.4 Å². The molecule has 0 aliphatic carbocycles. The van der Waals surface area contributed by atoms with E-state index in [2.05, 4.69) is 0 Å². The maximum Gasteiger partial charge on any atom is 0.344 e. The van der Waals surface area contributed by atoms with E-state index >= 15 is 0 Å². The molecule has 1 amide bonds. The van der Waals surface area contributed by atoms with Gasteiger partial charge < -0.3 is 20.9 Å². The maximum atomic E-state index is 11.4. The number of rotatable bonds is 6. The zero-order valence-corrected chi connectivity index (χ0v) is 12.8. The van der Waals surface area contributed by atoms with Crippen LogP contribution in [0.3, 0.4) is 0 Å². The Kier molecular flexibility index (Phi) is 5.00. The Morgan fingerprint density at radius 3 is 2.64 bits per heavy atom. The second-order valence-electron chi connectivity index (χ2n) is 4.34. The van der Waals surface area contributed by atoms with Gasteiger partial charge in [0.1, 0.15) is 5.75 Å². The molecule has 0 bridgehead atoms. The first-order valence-corrected chi connectivity index (χ1v) is 7.41. The number of carbonyl (C=O) groups is 2. The van der Waals surface area contributed by atoms with Gasteiger partial charge in [0.25, 0.3) is 5.91 Å². The van der Waals surface area contributed by atoms with Crippen LogP contribution in [-0.4, -0.2) is 25.1 Å². The smallest absolute Gasteiger partial charge is 0.344 e. The van der Waals surface area contributed by atoms with Crippen molar-refractivity contribution in [3.05, 3.63) is 35.9 Å². The molecule has 0 spiro atoms. The highest BCUT2D eigenvalue weighted by molar-refractivity contribution is 7.19. The van der Waals surface area contributed by atoms with Gasteiger partial charge in [-0.25, -0.2) is 4.79 Å². The average Bonchev–Trinajstić information content (AvgIpc) is 2.88. The van der Waals surface area contributed by atoms with Crippen LogP contribution >= 0.6 is 11.3 Å². The molecule has 2 rings (SSSR count). The summed E-state index contributed by atoms with van der Waals surface area (Å²) in [5.74, 6) is -0.515. The summed E-state index contributed by atoms with van der Waals surface area (Å²) in [6.07, 6.45) is 0. The Hall–Kier alpha value is -2.54. The third kappa shape index (κ3) is 3.56. The fraction of sp³-hybridized carbons (Fsp3) is 0.200. The fourth-order valence-electron chi connectivity index (χ4n) is 1.87. The van der Waals surface area contributed by atoms with E-state index in [0.29, 0.717) is 17.4 Å². The summed E-state index contributed by atoms with van der Waals surface area (Å²) in [6.45, 7) is 1.84. The summed E-state index contributed by atoms with van der Waals surface area (Å²) in [4.78, 5) is 23.4. The van der Waals surface area contributed by atoms with Crippen molar-refractivity contribution in [1.29, 1.82) is 0 Å². The molecule has 0 fully saturated rings. The number of anilines is 1. The van der Waals surface area contributed by atoms with Crippen LogP contribution in [0.4, 0.5) is 5.00 Å². The quantitative estimate of drug-likeness (QED) is 0.792. The van der Waals surface area contributed by atoms with Gasteiger partial charge >= 0.3 is 5.97 Å². The number of nitrogen functional groups attached to an aromatic ring is 1. The second kappa shape index (κ2) is 6.95. The van der Waals surface area contributed by atoms with Crippen LogP contribution in [0, 0.1) is 0 Å². The molecule has 1 heterocycles. The highest BCUT2D eigenvalue weighted by atomic mass is 32.1. The number of primary amides is 1. The van der Waals surface area contributed by atoms with Gasteiger partial charge in [0.2, 0.25) is 0 Å². The van der Waals surface area contributed by atoms with Gasteiger partial charge in [-0.2, -0.15) is 0 Å². The fourth-order valence-corrected chi connectivity index (χ4v) is 2.83. The standard InChI is InChI=1S/C15H16N2O4S/c1-2-20-13(18)8-21-11-6-4-3-5-9(11)12-7-10(14(16)19)15(17)22-12/h3-7H,2,8,17H2,1H3,(H2,16,19). The number of benzene rings is 1. The molecule has 0 aliphatic rings. The van der Waals surface area contributed by atoms with Crippen molar-refractivity contribution in [2.75, 3.05) is 18.9 Å². The van der Waals surface area contributed by atoms with E-state index in [1.807, 2.05) is 12.1 Å². The summed E-state index contributed by atoms with van der Waals surface area (Å²) >= 11 is 1.24. The number of esters is 1. The number of ether oxygens (including phenoxy) is 2. The molecule has 0 atom stereocenters. The number of nitrogens with two attached hydrogens (primary N) is 2. The average molecular weight is 320 g/mol. The topological polar surface area (TPSA) is 105 Å². The molecule has 7 heteroatoms. The zero-order valence-electron chi connectivity index (χ0n) is 12.0. The summed E-state index contributed by atoms with van der Waals surface area (Å²) in [5, 5.41) is 0.350. The van der Waals surface area contributed by atoms with E-state index in [9.17, 15) is 9.59 Å². The highest BCUT2D eigenvalue weighted by Gasteiger charge is 2.15. The first-order chi connectivity index (χ1) is 10.5. The summed E-state index contributed by atoms with van der Waals surface area (Å²) in [5.41, 5.74) is 12.1. The molecule has 6 nitrogen and oxygen atoms in total. The van der Waals surface area contributed by atoms with Gasteiger partial charge in [-0.3, -0.25) is 4.79 Å². The van der Waals surface area contributed by atoms with Crippen LogP contribution in [-0.2, 0) is 9.53 Å². The molecule has 2 aromatic rings. The van der Waals surface area contributed by atoms with Crippen molar-refractivity contribution in [1.82, 2.24) is 0 Å². The molecule has 0 saturated heterocycles. The Morgan fingerprint density at radius 2 is 2.00 bits per heavy atom. The van der Waals surface area contributed by atoms with Crippen LogP contribution in [0.15, 0.2) is 30.3 Å². The third-order valence-corrected chi connectivity index (χ3v) is 3.83. The lowest BCUT2D eigenvalue weighted by atomic mass is 10.1. The normalized spacial score (nSPS) is 10.2. The molecular weight excluding hydrogens is 304 g/mol.